The number of nitrogens with zero attached hydrogens (tertiary/aromatic N) is 1. The summed E-state index contributed by atoms with van der Waals surface area (Å²) in [6.45, 7) is 0.406. The lowest BCUT2D eigenvalue weighted by Gasteiger charge is -2.19. The van der Waals surface area contributed by atoms with E-state index in [1.807, 2.05) is 30.3 Å². The van der Waals surface area contributed by atoms with Gasteiger partial charge in [-0.25, -0.2) is 8.42 Å². The number of carbonyl (C=O) groups excluding carboxylic acids is 1. The van der Waals surface area contributed by atoms with E-state index < -0.39 is 10.0 Å². The second kappa shape index (κ2) is 6.83. The molecule has 0 unspecified atom stereocenters. The molecule has 3 rings (SSSR count). The van der Waals surface area contributed by atoms with Gasteiger partial charge in [0.1, 0.15) is 0 Å². The zero-order valence-electron chi connectivity index (χ0n) is 12.9. The zero-order valence-corrected chi connectivity index (χ0v) is 14.5. The van der Waals surface area contributed by atoms with Gasteiger partial charge in [-0.1, -0.05) is 41.9 Å². The van der Waals surface area contributed by atoms with Crippen LogP contribution in [0, 0.1) is 0 Å². The van der Waals surface area contributed by atoms with Crippen LogP contribution >= 0.6 is 11.6 Å². The second-order valence-electron chi connectivity index (χ2n) is 5.62. The molecule has 0 spiro atoms. The third-order valence-electron chi connectivity index (χ3n) is 3.81. The number of benzene rings is 2. The van der Waals surface area contributed by atoms with Gasteiger partial charge in [-0.2, -0.15) is 0 Å². The minimum absolute atomic E-state index is 0.119. The Bertz CT molecular complexity index is 853. The van der Waals surface area contributed by atoms with Gasteiger partial charge in [0.25, 0.3) is 0 Å². The highest BCUT2D eigenvalue weighted by molar-refractivity contribution is 7.93. The fraction of sp³-hybridized carbons (Fsp3) is 0.235. The molecule has 0 radical (unpaired) electrons. The van der Waals surface area contributed by atoms with Crippen LogP contribution in [-0.4, -0.2) is 26.6 Å². The zero-order chi connectivity index (χ0) is 17.2. The van der Waals surface area contributed by atoms with Crippen LogP contribution in [0.2, 0.25) is 5.02 Å². The third-order valence-corrected chi connectivity index (χ3v) is 5.98. The molecule has 5 nitrogen and oxygen atoms in total. The maximum atomic E-state index is 12.2. The van der Waals surface area contributed by atoms with Crippen molar-refractivity contribution >= 4 is 38.9 Å². The highest BCUT2D eigenvalue weighted by atomic mass is 35.5. The van der Waals surface area contributed by atoms with E-state index in [-0.39, 0.29) is 18.1 Å². The van der Waals surface area contributed by atoms with E-state index in [1.54, 1.807) is 18.2 Å². The average molecular weight is 365 g/mol. The molecule has 1 aliphatic rings. The topological polar surface area (TPSA) is 66.5 Å². The fourth-order valence-corrected chi connectivity index (χ4v) is 4.52. The summed E-state index contributed by atoms with van der Waals surface area (Å²) in [5.74, 6) is -0.0489. The minimum Gasteiger partial charge on any atom is -0.326 e. The number of anilines is 2. The summed E-state index contributed by atoms with van der Waals surface area (Å²) in [5.41, 5.74) is 1.84. The van der Waals surface area contributed by atoms with E-state index >= 15 is 0 Å². The van der Waals surface area contributed by atoms with Gasteiger partial charge in [0.15, 0.2) is 0 Å². The first kappa shape index (κ1) is 16.8. The molecular weight excluding hydrogens is 348 g/mol. The quantitative estimate of drug-likeness (QED) is 0.906. The van der Waals surface area contributed by atoms with Gasteiger partial charge >= 0.3 is 0 Å². The van der Waals surface area contributed by atoms with Crippen LogP contribution in [-0.2, 0) is 21.2 Å². The van der Waals surface area contributed by atoms with Crippen molar-refractivity contribution < 1.29 is 13.2 Å². The molecule has 2 aromatic carbocycles. The molecule has 2 aromatic rings. The Hall–Kier alpha value is -2.05. The first-order valence-corrected chi connectivity index (χ1v) is 9.58. The summed E-state index contributed by atoms with van der Waals surface area (Å²) in [4.78, 5) is 12.2. The van der Waals surface area contributed by atoms with E-state index in [1.165, 1.54) is 4.31 Å². The number of sulfonamides is 1. The summed E-state index contributed by atoms with van der Waals surface area (Å²) in [5, 5.41) is 3.14. The van der Waals surface area contributed by atoms with Crippen LogP contribution in [0.1, 0.15) is 12.0 Å². The van der Waals surface area contributed by atoms with Crippen molar-refractivity contribution in [1.82, 2.24) is 0 Å². The number of carbonyl (C=O) groups is 1. The van der Waals surface area contributed by atoms with Crippen LogP contribution in [0.25, 0.3) is 0 Å². The molecule has 0 bridgehead atoms. The second-order valence-corrected chi connectivity index (χ2v) is 8.04. The summed E-state index contributed by atoms with van der Waals surface area (Å²) in [7, 11) is -3.32. The Balaban J connectivity index is 1.78. The predicted molar refractivity (Wildman–Crippen MR) is 96.0 cm³/mol. The summed E-state index contributed by atoms with van der Waals surface area (Å²) in [6, 6.07) is 14.3. The Kier molecular flexibility index (Phi) is 4.78. The van der Waals surface area contributed by atoms with Crippen molar-refractivity contribution in [2.45, 2.75) is 12.8 Å². The number of amides is 1. The monoisotopic (exact) mass is 364 g/mol. The smallest absolute Gasteiger partial charge is 0.235 e. The fourth-order valence-electron chi connectivity index (χ4n) is 2.68. The van der Waals surface area contributed by atoms with Crippen molar-refractivity contribution in [2.75, 3.05) is 21.9 Å². The Morgan fingerprint density at radius 3 is 2.58 bits per heavy atom. The third kappa shape index (κ3) is 3.71. The Labute approximate surface area is 146 Å². The lowest BCUT2D eigenvalue weighted by Crippen LogP contribution is -2.25. The molecule has 0 aromatic heterocycles. The highest BCUT2D eigenvalue weighted by Gasteiger charge is 2.30. The van der Waals surface area contributed by atoms with Crippen LogP contribution < -0.4 is 9.62 Å². The van der Waals surface area contributed by atoms with Crippen LogP contribution in [0.3, 0.4) is 0 Å². The van der Waals surface area contributed by atoms with Crippen LogP contribution in [0.5, 0.6) is 0 Å². The lowest BCUT2D eigenvalue weighted by atomic mass is 10.1. The van der Waals surface area contributed by atoms with E-state index in [0.717, 1.165) is 5.56 Å². The van der Waals surface area contributed by atoms with Gasteiger partial charge in [-0.3, -0.25) is 9.10 Å². The molecule has 1 amide bonds. The number of hydrogen-bond acceptors (Lipinski definition) is 3. The Morgan fingerprint density at radius 1 is 1.17 bits per heavy atom. The molecule has 1 saturated heterocycles. The molecule has 0 aliphatic carbocycles. The number of rotatable bonds is 4. The predicted octanol–water partition coefficient (Wildman–Crippen LogP) is 3.06. The molecule has 24 heavy (non-hydrogen) atoms. The number of hydrogen-bond donors (Lipinski definition) is 1. The van der Waals surface area contributed by atoms with Crippen molar-refractivity contribution in [1.29, 1.82) is 0 Å². The molecule has 0 atom stereocenters. The highest BCUT2D eigenvalue weighted by Crippen LogP contribution is 2.33. The lowest BCUT2D eigenvalue weighted by molar-refractivity contribution is -0.115. The van der Waals surface area contributed by atoms with Crippen molar-refractivity contribution in [3.05, 3.63) is 59.1 Å². The van der Waals surface area contributed by atoms with Crippen LogP contribution in [0.15, 0.2) is 48.5 Å². The van der Waals surface area contributed by atoms with Gasteiger partial charge in [0.05, 0.1) is 22.9 Å². The molecule has 1 N–H and O–H groups in total. The molecular formula is C17H17ClN2O3S. The van der Waals surface area contributed by atoms with Gasteiger partial charge in [0.2, 0.25) is 15.9 Å². The first-order chi connectivity index (χ1) is 11.5. The minimum atomic E-state index is -3.32. The normalized spacial score (nSPS) is 16.1. The first-order valence-electron chi connectivity index (χ1n) is 7.59. The summed E-state index contributed by atoms with van der Waals surface area (Å²) < 4.78 is 25.4. The largest absolute Gasteiger partial charge is 0.326 e. The van der Waals surface area contributed by atoms with Crippen molar-refractivity contribution in [2.24, 2.45) is 0 Å². The van der Waals surface area contributed by atoms with Crippen molar-refractivity contribution in [3.63, 3.8) is 0 Å². The number of nitrogens with one attached hydrogen (secondary N) is 1. The van der Waals surface area contributed by atoms with E-state index in [2.05, 4.69) is 5.32 Å². The molecule has 1 aliphatic heterocycles. The number of halogens is 1. The molecule has 1 fully saturated rings. The molecule has 1 heterocycles. The average Bonchev–Trinajstić information content (AvgIpc) is 2.89. The SMILES string of the molecule is O=C(Cc1ccccc1)Nc1ccc(Cl)c(N2CCCS2(=O)=O)c1. The van der Waals surface area contributed by atoms with E-state index in [9.17, 15) is 13.2 Å². The van der Waals surface area contributed by atoms with Crippen molar-refractivity contribution in [3.8, 4) is 0 Å². The molecule has 7 heteroatoms. The standard InChI is InChI=1S/C17H17ClN2O3S/c18-15-8-7-14(12-16(15)20-9-4-10-24(20,22)23)19-17(21)11-13-5-2-1-3-6-13/h1-3,5-8,12H,4,9-11H2,(H,19,21). The van der Waals surface area contributed by atoms with Gasteiger partial charge < -0.3 is 5.32 Å². The van der Waals surface area contributed by atoms with E-state index in [4.69, 9.17) is 11.6 Å². The maximum Gasteiger partial charge on any atom is 0.235 e. The molecule has 0 saturated carbocycles. The summed E-state index contributed by atoms with van der Waals surface area (Å²) >= 11 is 6.15. The van der Waals surface area contributed by atoms with E-state index in [0.29, 0.717) is 29.4 Å². The van der Waals surface area contributed by atoms with Crippen LogP contribution in [0.4, 0.5) is 11.4 Å². The van der Waals surface area contributed by atoms with Gasteiger partial charge in [0, 0.05) is 12.2 Å². The maximum absolute atomic E-state index is 12.2. The summed E-state index contributed by atoms with van der Waals surface area (Å²) in [6.07, 6.45) is 0.823. The molecule has 126 valence electrons. The van der Waals surface area contributed by atoms with Gasteiger partial charge in [-0.15, -0.1) is 0 Å². The Morgan fingerprint density at radius 2 is 1.92 bits per heavy atom. The van der Waals surface area contributed by atoms with Gasteiger partial charge in [-0.05, 0) is 30.2 Å².